The fraction of sp³-hybridized carbons (Fsp3) is 0.517. The molecule has 0 radical (unpaired) electrons. The SMILES string of the molecule is CC/C=C\C/C=C\C/C=C\C/C=C\C/C=C\C/C=C\CC(CC)COC(=O)CCC(C)=O. The molecule has 1 unspecified atom stereocenters. The van der Waals surface area contributed by atoms with Crippen molar-refractivity contribution in [2.45, 2.75) is 85.0 Å². The molecule has 3 heteroatoms. The van der Waals surface area contributed by atoms with Crippen molar-refractivity contribution in [3.05, 3.63) is 72.9 Å². The molecule has 1 atom stereocenters. The molecule has 0 aromatic carbocycles. The predicted molar refractivity (Wildman–Crippen MR) is 137 cm³/mol. The summed E-state index contributed by atoms with van der Waals surface area (Å²) in [4.78, 5) is 22.5. The first-order valence-corrected chi connectivity index (χ1v) is 12.1. The lowest BCUT2D eigenvalue weighted by atomic mass is 10.0. The highest BCUT2D eigenvalue weighted by atomic mass is 16.5. The Morgan fingerprint density at radius 1 is 0.656 bits per heavy atom. The van der Waals surface area contributed by atoms with Crippen molar-refractivity contribution >= 4 is 11.8 Å². The van der Waals surface area contributed by atoms with Crippen LogP contribution in [0.25, 0.3) is 0 Å². The van der Waals surface area contributed by atoms with Gasteiger partial charge in [-0.05, 0) is 64.2 Å². The van der Waals surface area contributed by atoms with Gasteiger partial charge in [0.05, 0.1) is 13.0 Å². The van der Waals surface area contributed by atoms with Gasteiger partial charge in [-0.25, -0.2) is 0 Å². The molecule has 178 valence electrons. The van der Waals surface area contributed by atoms with Gasteiger partial charge in [0.2, 0.25) is 0 Å². The molecule has 0 aliphatic carbocycles. The second kappa shape index (κ2) is 23.2. The van der Waals surface area contributed by atoms with Crippen LogP contribution in [0, 0.1) is 5.92 Å². The summed E-state index contributed by atoms with van der Waals surface area (Å²) in [5, 5.41) is 0. The van der Waals surface area contributed by atoms with E-state index in [4.69, 9.17) is 4.74 Å². The number of allylic oxidation sites excluding steroid dienone is 12. The van der Waals surface area contributed by atoms with Crippen molar-refractivity contribution in [3.63, 3.8) is 0 Å². The lowest BCUT2D eigenvalue weighted by molar-refractivity contribution is -0.146. The smallest absolute Gasteiger partial charge is 0.306 e. The molecule has 0 amide bonds. The molecule has 0 aliphatic heterocycles. The molecule has 3 nitrogen and oxygen atoms in total. The fourth-order valence-electron chi connectivity index (χ4n) is 2.72. The number of ketones is 1. The van der Waals surface area contributed by atoms with Crippen molar-refractivity contribution in [2.75, 3.05) is 6.61 Å². The number of hydrogen-bond acceptors (Lipinski definition) is 3. The van der Waals surface area contributed by atoms with Crippen molar-refractivity contribution < 1.29 is 14.3 Å². The van der Waals surface area contributed by atoms with Gasteiger partial charge in [-0.15, -0.1) is 0 Å². The Hall–Kier alpha value is -2.42. The monoisotopic (exact) mass is 440 g/mol. The van der Waals surface area contributed by atoms with E-state index in [9.17, 15) is 9.59 Å². The van der Waals surface area contributed by atoms with E-state index < -0.39 is 0 Å². The highest BCUT2D eigenvalue weighted by molar-refractivity contribution is 5.80. The summed E-state index contributed by atoms with van der Waals surface area (Å²) in [6.07, 6.45) is 34.6. The van der Waals surface area contributed by atoms with Crippen LogP contribution in [0.1, 0.15) is 85.0 Å². The van der Waals surface area contributed by atoms with Crippen LogP contribution in [0.15, 0.2) is 72.9 Å². The lowest BCUT2D eigenvalue weighted by Gasteiger charge is -2.12. The summed E-state index contributed by atoms with van der Waals surface area (Å²) >= 11 is 0. The first-order chi connectivity index (χ1) is 15.6. The molecule has 0 fully saturated rings. The van der Waals surface area contributed by atoms with Gasteiger partial charge in [-0.3, -0.25) is 4.79 Å². The second-order valence-corrected chi connectivity index (χ2v) is 7.81. The average Bonchev–Trinajstić information content (AvgIpc) is 2.78. The normalized spacial score (nSPS) is 13.6. The van der Waals surface area contributed by atoms with Gasteiger partial charge < -0.3 is 9.53 Å². The molecule has 0 rings (SSSR count). The maximum atomic E-state index is 11.6. The van der Waals surface area contributed by atoms with Gasteiger partial charge in [0.1, 0.15) is 5.78 Å². The van der Waals surface area contributed by atoms with Gasteiger partial charge in [0.25, 0.3) is 0 Å². The van der Waals surface area contributed by atoms with Crippen LogP contribution in [0.2, 0.25) is 0 Å². The van der Waals surface area contributed by atoms with Crippen molar-refractivity contribution in [3.8, 4) is 0 Å². The highest BCUT2D eigenvalue weighted by Gasteiger charge is 2.09. The minimum absolute atomic E-state index is 0.0203. The minimum atomic E-state index is -0.276. The third-order valence-electron chi connectivity index (χ3n) is 4.80. The molecule has 0 aromatic rings. The topological polar surface area (TPSA) is 43.4 Å². The van der Waals surface area contributed by atoms with Gasteiger partial charge in [-0.1, -0.05) is 86.8 Å². The molecular formula is C29H44O3. The van der Waals surface area contributed by atoms with E-state index in [1.165, 1.54) is 6.92 Å². The van der Waals surface area contributed by atoms with Crippen LogP contribution in [-0.2, 0) is 14.3 Å². The molecule has 0 saturated heterocycles. The summed E-state index contributed by atoms with van der Waals surface area (Å²) in [6.45, 7) is 6.17. The summed E-state index contributed by atoms with van der Waals surface area (Å²) < 4.78 is 5.28. The van der Waals surface area contributed by atoms with Crippen molar-refractivity contribution in [2.24, 2.45) is 5.92 Å². The number of Topliss-reactive ketones (excluding diaryl/α,β-unsaturated/α-hetero) is 1. The number of rotatable bonds is 19. The van der Waals surface area contributed by atoms with E-state index in [2.05, 4.69) is 86.8 Å². The van der Waals surface area contributed by atoms with E-state index in [0.29, 0.717) is 12.5 Å². The first-order valence-electron chi connectivity index (χ1n) is 12.1. The summed E-state index contributed by atoms with van der Waals surface area (Å²) in [5.74, 6) is 0.0780. The third-order valence-corrected chi connectivity index (χ3v) is 4.80. The molecule has 32 heavy (non-hydrogen) atoms. The average molecular weight is 441 g/mol. The van der Waals surface area contributed by atoms with Crippen molar-refractivity contribution in [1.29, 1.82) is 0 Å². The molecule has 0 aliphatic rings. The Bertz CT molecular complexity index is 647. The second-order valence-electron chi connectivity index (χ2n) is 7.81. The summed E-state index contributed by atoms with van der Waals surface area (Å²) in [5.41, 5.74) is 0. The zero-order chi connectivity index (χ0) is 23.7. The molecule has 0 heterocycles. The van der Waals surface area contributed by atoms with Gasteiger partial charge in [-0.2, -0.15) is 0 Å². The van der Waals surface area contributed by atoms with Crippen LogP contribution in [0.4, 0.5) is 0 Å². The standard InChI is InChI=1S/C29H44O3/c1-4-6-7-8-9-10-11-12-13-14-15-16-17-18-19-20-21-22-23-28(5-2)26-32-29(31)25-24-27(3)30/h6-7,9-10,12-13,15-16,18-19,21-22,28H,4-5,8,11,14,17,20,23-26H2,1-3H3/b7-6-,10-9-,13-12-,16-15-,19-18-,22-21-. The van der Waals surface area contributed by atoms with Gasteiger partial charge in [0, 0.05) is 6.42 Å². The van der Waals surface area contributed by atoms with E-state index in [0.717, 1.165) is 51.4 Å². The predicted octanol–water partition coefficient (Wildman–Crippen LogP) is 8.01. The molecule has 0 saturated carbocycles. The Morgan fingerprint density at radius 3 is 1.50 bits per heavy atom. The molecular weight excluding hydrogens is 396 g/mol. The number of esters is 1. The highest BCUT2D eigenvalue weighted by Crippen LogP contribution is 2.11. The van der Waals surface area contributed by atoms with Gasteiger partial charge >= 0.3 is 5.97 Å². The minimum Gasteiger partial charge on any atom is -0.465 e. The van der Waals surface area contributed by atoms with Crippen LogP contribution in [0.3, 0.4) is 0 Å². The Balaban J connectivity index is 3.79. The number of ether oxygens (including phenoxy) is 1. The van der Waals surface area contributed by atoms with E-state index in [-0.39, 0.29) is 24.6 Å². The third kappa shape index (κ3) is 22.3. The number of hydrogen-bond donors (Lipinski definition) is 0. The zero-order valence-electron chi connectivity index (χ0n) is 20.5. The molecule has 0 bridgehead atoms. The van der Waals surface area contributed by atoms with Crippen LogP contribution in [-0.4, -0.2) is 18.4 Å². The Kier molecular flexibility index (Phi) is 21.5. The number of carbonyl (C=O) groups is 2. The largest absolute Gasteiger partial charge is 0.465 e. The zero-order valence-corrected chi connectivity index (χ0v) is 20.5. The molecule has 0 spiro atoms. The van der Waals surface area contributed by atoms with Crippen molar-refractivity contribution in [1.82, 2.24) is 0 Å². The van der Waals surface area contributed by atoms with E-state index in [1.54, 1.807) is 0 Å². The maximum Gasteiger partial charge on any atom is 0.306 e. The summed E-state index contributed by atoms with van der Waals surface area (Å²) in [7, 11) is 0. The van der Waals surface area contributed by atoms with E-state index >= 15 is 0 Å². The molecule has 0 N–H and O–H groups in total. The maximum absolute atomic E-state index is 11.6. The Morgan fingerprint density at radius 2 is 1.09 bits per heavy atom. The lowest BCUT2D eigenvalue weighted by Crippen LogP contribution is -2.13. The molecule has 0 aromatic heterocycles. The first kappa shape index (κ1) is 29.6. The quantitative estimate of drug-likeness (QED) is 0.151. The van der Waals surface area contributed by atoms with Crippen LogP contribution >= 0.6 is 0 Å². The van der Waals surface area contributed by atoms with E-state index in [1.807, 2.05) is 0 Å². The summed E-state index contributed by atoms with van der Waals surface area (Å²) in [6, 6.07) is 0. The van der Waals surface area contributed by atoms with Gasteiger partial charge in [0.15, 0.2) is 0 Å². The fourth-order valence-corrected chi connectivity index (χ4v) is 2.72. The number of carbonyl (C=O) groups excluding carboxylic acids is 2. The van der Waals surface area contributed by atoms with Crippen LogP contribution in [0.5, 0.6) is 0 Å². The van der Waals surface area contributed by atoms with Crippen LogP contribution < -0.4 is 0 Å². The Labute approximate surface area is 196 Å².